The fourth-order valence-electron chi connectivity index (χ4n) is 3.87. The van der Waals surface area contributed by atoms with Crippen LogP contribution in [0.2, 0.25) is 0 Å². The first-order valence-electron chi connectivity index (χ1n) is 8.81. The molecule has 0 radical (unpaired) electrons. The Morgan fingerprint density at radius 1 is 1.28 bits per heavy atom. The van der Waals surface area contributed by atoms with Gasteiger partial charge in [-0.25, -0.2) is 0 Å². The molecule has 130 valence electrons. The van der Waals surface area contributed by atoms with Gasteiger partial charge < -0.3 is 9.80 Å². The Balaban J connectivity index is 1.45. The highest BCUT2D eigenvalue weighted by molar-refractivity contribution is 7.09. The standard InChI is InChI=1S/C20H22N2O2S/c1-21(13-18-6-3-9-25-18)20(24)16-11-19(23)22(12-16)17-8-7-14-4-2-5-15(14)10-17/h3,6-10,16H,2,4-5,11-13H2,1H3/t16-/m1/s1. The second-order valence-electron chi connectivity index (χ2n) is 6.99. The molecule has 2 aromatic rings. The number of aryl methyl sites for hydroxylation is 2. The van der Waals surface area contributed by atoms with Crippen LogP contribution in [-0.2, 0) is 29.0 Å². The van der Waals surface area contributed by atoms with Gasteiger partial charge in [0.15, 0.2) is 0 Å². The number of rotatable bonds is 4. The van der Waals surface area contributed by atoms with Crippen LogP contribution in [0.5, 0.6) is 0 Å². The Morgan fingerprint density at radius 2 is 2.12 bits per heavy atom. The number of nitrogens with zero attached hydrogens (tertiary/aromatic N) is 2. The van der Waals surface area contributed by atoms with E-state index in [1.807, 2.05) is 30.6 Å². The van der Waals surface area contributed by atoms with Crippen LogP contribution in [0.15, 0.2) is 35.7 Å². The third-order valence-electron chi connectivity index (χ3n) is 5.22. The van der Waals surface area contributed by atoms with Crippen LogP contribution in [0.25, 0.3) is 0 Å². The lowest BCUT2D eigenvalue weighted by molar-refractivity contribution is -0.135. The van der Waals surface area contributed by atoms with Crippen molar-refractivity contribution in [1.82, 2.24) is 4.90 Å². The highest BCUT2D eigenvalue weighted by atomic mass is 32.1. The first-order chi connectivity index (χ1) is 12.1. The number of carbonyl (C=O) groups excluding carboxylic acids is 2. The lowest BCUT2D eigenvalue weighted by atomic mass is 10.1. The van der Waals surface area contributed by atoms with Crippen molar-refractivity contribution in [2.24, 2.45) is 5.92 Å². The third kappa shape index (κ3) is 3.21. The predicted molar refractivity (Wildman–Crippen MR) is 99.7 cm³/mol. The van der Waals surface area contributed by atoms with Gasteiger partial charge in [-0.05, 0) is 54.0 Å². The van der Waals surface area contributed by atoms with Crippen molar-refractivity contribution in [2.75, 3.05) is 18.5 Å². The van der Waals surface area contributed by atoms with Crippen molar-refractivity contribution < 1.29 is 9.59 Å². The van der Waals surface area contributed by atoms with Gasteiger partial charge in [-0.3, -0.25) is 9.59 Å². The average molecular weight is 354 g/mol. The zero-order chi connectivity index (χ0) is 17.4. The van der Waals surface area contributed by atoms with Crippen molar-refractivity contribution >= 4 is 28.8 Å². The van der Waals surface area contributed by atoms with E-state index in [4.69, 9.17) is 0 Å². The van der Waals surface area contributed by atoms with Crippen molar-refractivity contribution in [1.29, 1.82) is 0 Å². The molecule has 25 heavy (non-hydrogen) atoms. The summed E-state index contributed by atoms with van der Waals surface area (Å²) in [5.41, 5.74) is 3.70. The molecule has 1 atom stereocenters. The molecular weight excluding hydrogens is 332 g/mol. The molecule has 2 amide bonds. The maximum atomic E-state index is 12.7. The van der Waals surface area contributed by atoms with Gasteiger partial charge in [0.05, 0.1) is 12.5 Å². The molecule has 0 N–H and O–H groups in total. The van der Waals surface area contributed by atoms with Crippen molar-refractivity contribution in [3.05, 3.63) is 51.7 Å². The zero-order valence-electron chi connectivity index (χ0n) is 14.4. The SMILES string of the molecule is CN(Cc1cccs1)C(=O)[C@@H]1CC(=O)N(c2ccc3c(c2)CCC3)C1. The minimum Gasteiger partial charge on any atom is -0.340 e. The Kier molecular flexibility index (Phi) is 4.34. The molecule has 1 saturated heterocycles. The molecule has 2 heterocycles. The van der Waals surface area contributed by atoms with Gasteiger partial charge >= 0.3 is 0 Å². The summed E-state index contributed by atoms with van der Waals surface area (Å²) in [6, 6.07) is 10.3. The van der Waals surface area contributed by atoms with Crippen molar-refractivity contribution in [2.45, 2.75) is 32.2 Å². The summed E-state index contributed by atoms with van der Waals surface area (Å²) < 4.78 is 0. The summed E-state index contributed by atoms with van der Waals surface area (Å²) in [4.78, 5) is 29.9. The maximum Gasteiger partial charge on any atom is 0.228 e. The lowest BCUT2D eigenvalue weighted by Crippen LogP contribution is -2.34. The van der Waals surface area contributed by atoms with Crippen LogP contribution < -0.4 is 4.90 Å². The first-order valence-corrected chi connectivity index (χ1v) is 9.69. The molecule has 1 aliphatic carbocycles. The molecule has 2 aliphatic rings. The number of fused-ring (bicyclic) bond motifs is 1. The summed E-state index contributed by atoms with van der Waals surface area (Å²) in [5, 5.41) is 2.02. The van der Waals surface area contributed by atoms with Crippen molar-refractivity contribution in [3.8, 4) is 0 Å². The van der Waals surface area contributed by atoms with Crippen LogP contribution in [0.3, 0.4) is 0 Å². The molecule has 1 aromatic heterocycles. The normalized spacial score (nSPS) is 19.3. The van der Waals surface area contributed by atoms with E-state index in [0.717, 1.165) is 23.4 Å². The second-order valence-corrected chi connectivity index (χ2v) is 8.02. The van der Waals surface area contributed by atoms with Crippen LogP contribution in [0.1, 0.15) is 28.8 Å². The molecule has 0 saturated carbocycles. The molecule has 4 rings (SSSR count). The fraction of sp³-hybridized carbons (Fsp3) is 0.400. The summed E-state index contributed by atoms with van der Waals surface area (Å²) in [6.07, 6.45) is 3.74. The van der Waals surface area contributed by atoms with E-state index in [-0.39, 0.29) is 17.7 Å². The molecule has 1 fully saturated rings. The number of amides is 2. The highest BCUT2D eigenvalue weighted by Crippen LogP contribution is 2.31. The average Bonchev–Trinajstić information content (AvgIpc) is 3.33. The van der Waals surface area contributed by atoms with E-state index in [1.165, 1.54) is 17.5 Å². The van der Waals surface area contributed by atoms with Crippen LogP contribution in [-0.4, -0.2) is 30.3 Å². The number of hydrogen-bond donors (Lipinski definition) is 0. The summed E-state index contributed by atoms with van der Waals surface area (Å²) in [5.74, 6) is -0.128. The fourth-order valence-corrected chi connectivity index (χ4v) is 4.63. The van der Waals surface area contributed by atoms with Crippen LogP contribution >= 0.6 is 11.3 Å². The van der Waals surface area contributed by atoms with Gasteiger partial charge in [-0.15, -0.1) is 11.3 Å². The second kappa shape index (κ2) is 6.64. The van der Waals surface area contributed by atoms with E-state index >= 15 is 0 Å². The monoisotopic (exact) mass is 354 g/mol. The van der Waals surface area contributed by atoms with Gasteiger partial charge in [-0.2, -0.15) is 0 Å². The van der Waals surface area contributed by atoms with E-state index in [0.29, 0.717) is 19.5 Å². The number of thiophene rings is 1. The first kappa shape index (κ1) is 16.3. The molecule has 0 spiro atoms. The van der Waals surface area contributed by atoms with Crippen molar-refractivity contribution in [3.63, 3.8) is 0 Å². The number of hydrogen-bond acceptors (Lipinski definition) is 3. The minimum atomic E-state index is -0.245. The van der Waals surface area contributed by atoms with Gasteiger partial charge in [-0.1, -0.05) is 12.1 Å². The van der Waals surface area contributed by atoms with Gasteiger partial charge in [0, 0.05) is 30.6 Å². The molecule has 0 unspecified atom stereocenters. The Bertz CT molecular complexity index is 800. The number of benzene rings is 1. The van der Waals surface area contributed by atoms with Gasteiger partial charge in [0.1, 0.15) is 0 Å². The van der Waals surface area contributed by atoms with Crippen LogP contribution in [0.4, 0.5) is 5.69 Å². The Hall–Kier alpha value is -2.14. The van der Waals surface area contributed by atoms with E-state index < -0.39 is 0 Å². The predicted octanol–water partition coefficient (Wildman–Crippen LogP) is 3.25. The summed E-state index contributed by atoms with van der Waals surface area (Å²) in [6.45, 7) is 1.10. The molecule has 5 heteroatoms. The van der Waals surface area contributed by atoms with Crippen LogP contribution in [0, 0.1) is 5.92 Å². The van der Waals surface area contributed by atoms with E-state index in [1.54, 1.807) is 21.1 Å². The van der Waals surface area contributed by atoms with Gasteiger partial charge in [0.2, 0.25) is 11.8 Å². The lowest BCUT2D eigenvalue weighted by Gasteiger charge is -2.21. The number of carbonyl (C=O) groups is 2. The smallest absolute Gasteiger partial charge is 0.228 e. The third-order valence-corrected chi connectivity index (χ3v) is 6.08. The minimum absolute atomic E-state index is 0.0563. The number of anilines is 1. The molecule has 1 aromatic carbocycles. The molecular formula is C20H22N2O2S. The van der Waals surface area contributed by atoms with E-state index in [9.17, 15) is 9.59 Å². The molecule has 4 nitrogen and oxygen atoms in total. The maximum absolute atomic E-state index is 12.7. The van der Waals surface area contributed by atoms with E-state index in [2.05, 4.69) is 12.1 Å². The summed E-state index contributed by atoms with van der Waals surface area (Å²) in [7, 11) is 1.82. The summed E-state index contributed by atoms with van der Waals surface area (Å²) >= 11 is 1.65. The Labute approximate surface area is 152 Å². The Morgan fingerprint density at radius 3 is 2.92 bits per heavy atom. The highest BCUT2D eigenvalue weighted by Gasteiger charge is 2.36. The topological polar surface area (TPSA) is 40.6 Å². The largest absolute Gasteiger partial charge is 0.340 e. The molecule has 0 bridgehead atoms. The molecule has 1 aliphatic heterocycles. The quantitative estimate of drug-likeness (QED) is 0.846. The van der Waals surface area contributed by atoms with Gasteiger partial charge in [0.25, 0.3) is 0 Å². The zero-order valence-corrected chi connectivity index (χ0v) is 15.2.